The quantitative estimate of drug-likeness (QED) is 0.596. The molecule has 3 rings (SSSR count). The molecule has 0 aromatic heterocycles. The number of benzene rings is 1. The third-order valence-corrected chi connectivity index (χ3v) is 6.43. The third kappa shape index (κ3) is 6.29. The monoisotopic (exact) mass is 390 g/mol. The maximum absolute atomic E-state index is 10.7. The Morgan fingerprint density at radius 3 is 2.75 bits per heavy atom. The Bertz CT molecular complexity index is 590. The second-order valence-corrected chi connectivity index (χ2v) is 8.37. The van der Waals surface area contributed by atoms with Crippen molar-refractivity contribution >= 4 is 5.97 Å². The summed E-state index contributed by atoms with van der Waals surface area (Å²) < 4.78 is 12.0. The Morgan fingerprint density at radius 2 is 1.96 bits per heavy atom. The zero-order chi connectivity index (χ0) is 19.8. The minimum Gasteiger partial charge on any atom is -0.481 e. The van der Waals surface area contributed by atoms with Gasteiger partial charge in [-0.15, -0.1) is 0 Å². The number of carbonyl (C=O) groups is 1. The normalized spacial score (nSPS) is 30.0. The minimum atomic E-state index is -0.720. The molecule has 0 unspecified atom stereocenters. The van der Waals surface area contributed by atoms with Crippen LogP contribution < -0.4 is 0 Å². The molecular formula is C23H34O5. The fourth-order valence-electron chi connectivity index (χ4n) is 4.84. The maximum Gasteiger partial charge on any atom is 0.303 e. The molecule has 5 atom stereocenters. The van der Waals surface area contributed by atoms with Crippen LogP contribution in [0.5, 0.6) is 0 Å². The molecule has 1 saturated carbocycles. The van der Waals surface area contributed by atoms with Gasteiger partial charge < -0.3 is 19.7 Å². The van der Waals surface area contributed by atoms with Crippen LogP contribution in [0.1, 0.15) is 50.5 Å². The van der Waals surface area contributed by atoms with E-state index >= 15 is 0 Å². The van der Waals surface area contributed by atoms with Gasteiger partial charge in [0.15, 0.2) is 0 Å². The molecule has 5 heteroatoms. The van der Waals surface area contributed by atoms with Crippen LogP contribution in [0, 0.1) is 17.8 Å². The van der Waals surface area contributed by atoms with Gasteiger partial charge in [-0.25, -0.2) is 0 Å². The van der Waals surface area contributed by atoms with E-state index in [-0.39, 0.29) is 24.5 Å². The number of aliphatic carboxylic acids is 1. The molecule has 0 amide bonds. The molecular weight excluding hydrogens is 356 g/mol. The van der Waals surface area contributed by atoms with Gasteiger partial charge in [0.25, 0.3) is 0 Å². The van der Waals surface area contributed by atoms with Gasteiger partial charge in [0.05, 0.1) is 18.8 Å². The van der Waals surface area contributed by atoms with Gasteiger partial charge in [-0.2, -0.15) is 0 Å². The highest BCUT2D eigenvalue weighted by atomic mass is 16.5. The van der Waals surface area contributed by atoms with Crippen molar-refractivity contribution < 1.29 is 24.5 Å². The standard InChI is InChI=1S/C23H34O5/c24-21-15-22-20(10-9-18(16-28-22)7-4-8-23(25)26)19(21)12-14-27-13-11-17-5-2-1-3-6-17/h1-3,5-6,18-22,24H,4,7-16H2,(H,25,26)/t18-,19+,20+,21+,22-/m0/s1. The summed E-state index contributed by atoms with van der Waals surface area (Å²) in [5.74, 6) is 0.378. The first-order valence-electron chi connectivity index (χ1n) is 10.8. The zero-order valence-corrected chi connectivity index (χ0v) is 16.7. The highest BCUT2D eigenvalue weighted by Gasteiger charge is 2.44. The summed E-state index contributed by atoms with van der Waals surface area (Å²) in [4.78, 5) is 10.7. The largest absolute Gasteiger partial charge is 0.481 e. The summed E-state index contributed by atoms with van der Waals surface area (Å²) >= 11 is 0. The average Bonchev–Trinajstić information content (AvgIpc) is 2.84. The van der Waals surface area contributed by atoms with Crippen LogP contribution in [0.2, 0.25) is 0 Å². The van der Waals surface area contributed by atoms with Gasteiger partial charge >= 0.3 is 5.97 Å². The van der Waals surface area contributed by atoms with Crippen molar-refractivity contribution in [2.24, 2.45) is 17.8 Å². The third-order valence-electron chi connectivity index (χ3n) is 6.43. The van der Waals surface area contributed by atoms with Gasteiger partial charge in [-0.05, 0) is 61.8 Å². The molecule has 1 heterocycles. The maximum atomic E-state index is 10.7. The van der Waals surface area contributed by atoms with Crippen molar-refractivity contribution in [3.05, 3.63) is 35.9 Å². The highest BCUT2D eigenvalue weighted by molar-refractivity contribution is 5.66. The van der Waals surface area contributed by atoms with Crippen LogP contribution in [0.15, 0.2) is 30.3 Å². The van der Waals surface area contributed by atoms with Gasteiger partial charge in [0.1, 0.15) is 0 Å². The lowest BCUT2D eigenvalue weighted by Crippen LogP contribution is -2.24. The summed E-state index contributed by atoms with van der Waals surface area (Å²) in [5.41, 5.74) is 1.29. The van der Waals surface area contributed by atoms with Crippen LogP contribution in [0.25, 0.3) is 0 Å². The first-order chi connectivity index (χ1) is 13.6. The second kappa shape index (κ2) is 10.9. The lowest BCUT2D eigenvalue weighted by Gasteiger charge is -2.23. The number of carboxylic acid groups (broad SMARTS) is 1. The molecule has 0 spiro atoms. The molecule has 1 aliphatic heterocycles. The van der Waals surface area contributed by atoms with Crippen molar-refractivity contribution in [1.82, 2.24) is 0 Å². The number of rotatable bonds is 10. The van der Waals surface area contributed by atoms with Gasteiger partial charge in [0, 0.05) is 26.1 Å². The van der Waals surface area contributed by atoms with Crippen molar-refractivity contribution in [2.45, 2.75) is 63.6 Å². The molecule has 1 aromatic carbocycles. The van der Waals surface area contributed by atoms with E-state index in [1.54, 1.807) is 0 Å². The summed E-state index contributed by atoms with van der Waals surface area (Å²) in [5, 5.41) is 19.3. The van der Waals surface area contributed by atoms with E-state index in [2.05, 4.69) is 12.1 Å². The summed E-state index contributed by atoms with van der Waals surface area (Å²) in [6.45, 7) is 2.09. The van der Waals surface area contributed by atoms with E-state index in [9.17, 15) is 9.90 Å². The van der Waals surface area contributed by atoms with Crippen LogP contribution in [0.4, 0.5) is 0 Å². The zero-order valence-electron chi connectivity index (χ0n) is 16.7. The fraction of sp³-hybridized carbons (Fsp3) is 0.696. The average molecular weight is 391 g/mol. The molecule has 1 aromatic rings. The molecule has 2 fully saturated rings. The van der Waals surface area contributed by atoms with Gasteiger partial charge in [-0.1, -0.05) is 30.3 Å². The molecule has 2 N–H and O–H groups in total. The van der Waals surface area contributed by atoms with E-state index in [0.717, 1.165) is 44.9 Å². The SMILES string of the molecule is O=C(O)CCC[C@H]1CC[C@@H]2[C@@H](CCOCCc3ccccc3)[C@H](O)C[C@@H]2OC1. The highest BCUT2D eigenvalue weighted by Crippen LogP contribution is 2.42. The number of aliphatic hydroxyl groups excluding tert-OH is 1. The Labute approximate surface area is 168 Å². The minimum absolute atomic E-state index is 0.147. The number of carboxylic acids is 1. The predicted octanol–water partition coefficient (Wildman–Crippen LogP) is 3.68. The summed E-state index contributed by atoms with van der Waals surface area (Å²) in [6, 6.07) is 10.3. The van der Waals surface area contributed by atoms with Crippen molar-refractivity contribution in [3.8, 4) is 0 Å². The van der Waals surface area contributed by atoms with Crippen LogP contribution in [0.3, 0.4) is 0 Å². The van der Waals surface area contributed by atoms with Crippen molar-refractivity contribution in [1.29, 1.82) is 0 Å². The lowest BCUT2D eigenvalue weighted by molar-refractivity contribution is -0.137. The smallest absolute Gasteiger partial charge is 0.303 e. The summed E-state index contributed by atoms with van der Waals surface area (Å²) in [6.07, 6.45) is 6.39. The number of aliphatic hydroxyl groups is 1. The lowest BCUT2D eigenvalue weighted by atomic mass is 9.85. The van der Waals surface area contributed by atoms with Crippen molar-refractivity contribution in [2.75, 3.05) is 19.8 Å². The van der Waals surface area contributed by atoms with E-state index in [0.29, 0.717) is 31.7 Å². The molecule has 2 aliphatic rings. The van der Waals surface area contributed by atoms with E-state index in [1.807, 2.05) is 18.2 Å². The predicted molar refractivity (Wildman–Crippen MR) is 107 cm³/mol. The number of ether oxygens (including phenoxy) is 2. The van der Waals surface area contributed by atoms with E-state index in [4.69, 9.17) is 14.6 Å². The Kier molecular flexibility index (Phi) is 8.31. The molecule has 1 aliphatic carbocycles. The molecule has 1 saturated heterocycles. The number of hydrogen-bond donors (Lipinski definition) is 2. The number of hydrogen-bond acceptors (Lipinski definition) is 4. The van der Waals surface area contributed by atoms with Crippen LogP contribution in [-0.4, -0.2) is 48.2 Å². The molecule has 0 radical (unpaired) electrons. The second-order valence-electron chi connectivity index (χ2n) is 8.37. The van der Waals surface area contributed by atoms with Gasteiger partial charge in [0.2, 0.25) is 0 Å². The molecule has 28 heavy (non-hydrogen) atoms. The number of fused-ring (bicyclic) bond motifs is 1. The fourth-order valence-corrected chi connectivity index (χ4v) is 4.84. The van der Waals surface area contributed by atoms with E-state index < -0.39 is 5.97 Å². The van der Waals surface area contributed by atoms with E-state index in [1.165, 1.54) is 5.56 Å². The Morgan fingerprint density at radius 1 is 1.14 bits per heavy atom. The van der Waals surface area contributed by atoms with Crippen LogP contribution >= 0.6 is 0 Å². The first kappa shape index (κ1) is 21.3. The van der Waals surface area contributed by atoms with Crippen molar-refractivity contribution in [3.63, 3.8) is 0 Å². The molecule has 0 bridgehead atoms. The Hall–Kier alpha value is -1.43. The molecule has 156 valence electrons. The first-order valence-corrected chi connectivity index (χ1v) is 10.8. The van der Waals surface area contributed by atoms with Gasteiger partial charge in [-0.3, -0.25) is 4.79 Å². The van der Waals surface area contributed by atoms with Crippen LogP contribution in [-0.2, 0) is 20.7 Å². The topological polar surface area (TPSA) is 76.0 Å². The summed E-state index contributed by atoms with van der Waals surface area (Å²) in [7, 11) is 0. The molecule has 5 nitrogen and oxygen atoms in total. The Balaban J connectivity index is 1.38.